The summed E-state index contributed by atoms with van der Waals surface area (Å²) in [6.45, 7) is 8.52. The number of nitriles is 1. The van der Waals surface area contributed by atoms with E-state index >= 15 is 0 Å². The standard InChI is InChI=1S/C31H28N2O2/c1-20-13-21(2)15-24(14-20)19-35-30-12-10-25-7-5-6-8-28(25)29(30)17-26(18-32)31(34)33-27-11-9-22(3)23(4)16-27/h5-17H,19H2,1-4H3,(H,33,34)/b26-17+. The maximum absolute atomic E-state index is 13.0. The molecule has 35 heavy (non-hydrogen) atoms. The summed E-state index contributed by atoms with van der Waals surface area (Å²) in [4.78, 5) is 13.0. The van der Waals surface area contributed by atoms with Gasteiger partial charge in [-0.2, -0.15) is 5.26 Å². The molecule has 0 fully saturated rings. The number of anilines is 1. The Morgan fingerprint density at radius 1 is 0.914 bits per heavy atom. The van der Waals surface area contributed by atoms with Crippen molar-refractivity contribution in [1.29, 1.82) is 5.26 Å². The zero-order valence-electron chi connectivity index (χ0n) is 20.5. The van der Waals surface area contributed by atoms with E-state index in [2.05, 4.69) is 43.4 Å². The van der Waals surface area contributed by atoms with Gasteiger partial charge in [0.2, 0.25) is 0 Å². The molecular formula is C31H28N2O2. The van der Waals surface area contributed by atoms with Gasteiger partial charge >= 0.3 is 0 Å². The zero-order valence-corrected chi connectivity index (χ0v) is 20.5. The maximum atomic E-state index is 13.0. The van der Waals surface area contributed by atoms with Gasteiger partial charge in [-0.1, -0.05) is 65.7 Å². The first-order chi connectivity index (χ1) is 16.8. The quantitative estimate of drug-likeness (QED) is 0.244. The number of fused-ring (bicyclic) bond motifs is 1. The Morgan fingerprint density at radius 3 is 2.37 bits per heavy atom. The van der Waals surface area contributed by atoms with Gasteiger partial charge in [-0.25, -0.2) is 0 Å². The van der Waals surface area contributed by atoms with Gasteiger partial charge < -0.3 is 10.1 Å². The fourth-order valence-electron chi connectivity index (χ4n) is 4.17. The molecule has 4 aromatic carbocycles. The molecule has 4 rings (SSSR count). The van der Waals surface area contributed by atoms with Crippen LogP contribution in [0.1, 0.15) is 33.4 Å². The van der Waals surface area contributed by atoms with Crippen LogP contribution in [0.25, 0.3) is 16.8 Å². The number of nitrogens with zero attached hydrogens (tertiary/aromatic N) is 1. The van der Waals surface area contributed by atoms with E-state index in [1.54, 1.807) is 6.08 Å². The molecule has 0 aromatic heterocycles. The van der Waals surface area contributed by atoms with Gasteiger partial charge in [0, 0.05) is 11.3 Å². The Kier molecular flexibility index (Phi) is 6.98. The third kappa shape index (κ3) is 5.59. The number of aryl methyl sites for hydroxylation is 4. The summed E-state index contributed by atoms with van der Waals surface area (Å²) in [5.74, 6) is 0.165. The highest BCUT2D eigenvalue weighted by molar-refractivity contribution is 6.11. The van der Waals surface area contributed by atoms with Crippen molar-refractivity contribution in [1.82, 2.24) is 0 Å². The number of carbonyl (C=O) groups excluding carboxylic acids is 1. The van der Waals surface area contributed by atoms with E-state index in [0.717, 1.165) is 27.5 Å². The summed E-state index contributed by atoms with van der Waals surface area (Å²) in [5, 5.41) is 14.6. The molecule has 0 heterocycles. The van der Waals surface area contributed by atoms with Crippen molar-refractivity contribution in [3.63, 3.8) is 0 Å². The monoisotopic (exact) mass is 460 g/mol. The number of benzene rings is 4. The summed E-state index contributed by atoms with van der Waals surface area (Å²) in [5.41, 5.74) is 7.01. The summed E-state index contributed by atoms with van der Waals surface area (Å²) in [6.07, 6.45) is 1.62. The zero-order chi connectivity index (χ0) is 24.9. The predicted octanol–water partition coefficient (Wildman–Crippen LogP) is 7.20. The number of nitrogens with one attached hydrogen (secondary N) is 1. The molecule has 4 nitrogen and oxygen atoms in total. The Bertz CT molecular complexity index is 1470. The first kappa shape index (κ1) is 23.8. The number of ether oxygens (including phenoxy) is 1. The van der Waals surface area contributed by atoms with Crippen LogP contribution in [0.2, 0.25) is 0 Å². The third-order valence-electron chi connectivity index (χ3n) is 6.03. The Morgan fingerprint density at radius 2 is 1.66 bits per heavy atom. The number of carbonyl (C=O) groups is 1. The topological polar surface area (TPSA) is 62.1 Å². The van der Waals surface area contributed by atoms with E-state index in [1.165, 1.54) is 11.1 Å². The molecule has 0 atom stereocenters. The number of hydrogen-bond donors (Lipinski definition) is 1. The van der Waals surface area contributed by atoms with Crippen LogP contribution < -0.4 is 10.1 Å². The second-order valence-corrected chi connectivity index (χ2v) is 8.91. The van der Waals surface area contributed by atoms with Gasteiger partial charge in [-0.05, 0) is 79.4 Å². The number of hydrogen-bond acceptors (Lipinski definition) is 3. The average Bonchev–Trinajstić information content (AvgIpc) is 2.83. The molecule has 1 amide bonds. The predicted molar refractivity (Wildman–Crippen MR) is 142 cm³/mol. The van der Waals surface area contributed by atoms with Crippen LogP contribution in [0.3, 0.4) is 0 Å². The molecule has 4 heteroatoms. The lowest BCUT2D eigenvalue weighted by Crippen LogP contribution is -2.13. The number of rotatable bonds is 6. The molecule has 0 saturated heterocycles. The van der Waals surface area contributed by atoms with E-state index in [4.69, 9.17) is 4.74 Å². The highest BCUT2D eigenvalue weighted by atomic mass is 16.5. The van der Waals surface area contributed by atoms with Gasteiger partial charge in [-0.15, -0.1) is 0 Å². The van der Waals surface area contributed by atoms with Crippen molar-refractivity contribution < 1.29 is 9.53 Å². The van der Waals surface area contributed by atoms with Crippen LogP contribution >= 0.6 is 0 Å². The van der Waals surface area contributed by atoms with Crippen LogP contribution in [0, 0.1) is 39.0 Å². The summed E-state index contributed by atoms with van der Waals surface area (Å²) < 4.78 is 6.23. The molecule has 0 aliphatic heterocycles. The van der Waals surface area contributed by atoms with Crippen LogP contribution in [0.4, 0.5) is 5.69 Å². The van der Waals surface area contributed by atoms with Crippen molar-refractivity contribution in [3.8, 4) is 11.8 Å². The Hall–Kier alpha value is -4.36. The average molecular weight is 461 g/mol. The highest BCUT2D eigenvalue weighted by Gasteiger charge is 2.14. The van der Waals surface area contributed by atoms with Crippen LogP contribution in [-0.4, -0.2) is 5.91 Å². The second-order valence-electron chi connectivity index (χ2n) is 8.91. The lowest BCUT2D eigenvalue weighted by Gasteiger charge is -2.14. The minimum Gasteiger partial charge on any atom is -0.488 e. The van der Waals surface area contributed by atoms with E-state index < -0.39 is 5.91 Å². The van der Waals surface area contributed by atoms with E-state index in [0.29, 0.717) is 23.6 Å². The molecule has 0 aliphatic rings. The van der Waals surface area contributed by atoms with Gasteiger partial charge in [-0.3, -0.25) is 4.79 Å². The van der Waals surface area contributed by atoms with E-state index in [9.17, 15) is 10.1 Å². The summed E-state index contributed by atoms with van der Waals surface area (Å²) in [6, 6.07) is 25.8. The fraction of sp³-hybridized carbons (Fsp3) is 0.161. The van der Waals surface area contributed by atoms with Crippen molar-refractivity contribution >= 4 is 28.4 Å². The largest absolute Gasteiger partial charge is 0.488 e. The maximum Gasteiger partial charge on any atom is 0.266 e. The molecule has 174 valence electrons. The van der Waals surface area contributed by atoms with Crippen molar-refractivity contribution in [2.24, 2.45) is 0 Å². The molecule has 0 saturated carbocycles. The van der Waals surface area contributed by atoms with E-state index in [1.807, 2.05) is 68.4 Å². The van der Waals surface area contributed by atoms with E-state index in [-0.39, 0.29) is 5.57 Å². The third-order valence-corrected chi connectivity index (χ3v) is 6.03. The fourth-order valence-corrected chi connectivity index (χ4v) is 4.17. The number of amides is 1. The molecule has 1 N–H and O–H groups in total. The smallest absolute Gasteiger partial charge is 0.266 e. The van der Waals surface area contributed by atoms with Crippen LogP contribution in [0.5, 0.6) is 5.75 Å². The van der Waals surface area contributed by atoms with Gasteiger partial charge in [0.1, 0.15) is 24.0 Å². The van der Waals surface area contributed by atoms with Crippen LogP contribution in [0.15, 0.2) is 78.4 Å². The first-order valence-corrected chi connectivity index (χ1v) is 11.6. The minimum atomic E-state index is -0.455. The molecular weight excluding hydrogens is 432 g/mol. The highest BCUT2D eigenvalue weighted by Crippen LogP contribution is 2.31. The minimum absolute atomic E-state index is 0.0100. The first-order valence-electron chi connectivity index (χ1n) is 11.6. The molecule has 0 radical (unpaired) electrons. The molecule has 0 unspecified atom stereocenters. The molecule has 0 bridgehead atoms. The van der Waals surface area contributed by atoms with Gasteiger partial charge in [0.15, 0.2) is 0 Å². The van der Waals surface area contributed by atoms with Crippen molar-refractivity contribution in [2.75, 3.05) is 5.32 Å². The van der Waals surface area contributed by atoms with Gasteiger partial charge in [0.05, 0.1) is 0 Å². The van der Waals surface area contributed by atoms with Crippen molar-refractivity contribution in [2.45, 2.75) is 34.3 Å². The molecule has 0 spiro atoms. The molecule has 4 aromatic rings. The molecule has 0 aliphatic carbocycles. The SMILES string of the molecule is Cc1cc(C)cc(COc2ccc3ccccc3c2/C=C(\C#N)C(=O)Nc2ccc(C)c(C)c2)c1. The lowest BCUT2D eigenvalue weighted by atomic mass is 10.0. The van der Waals surface area contributed by atoms with Crippen molar-refractivity contribution in [3.05, 3.63) is 112 Å². The lowest BCUT2D eigenvalue weighted by molar-refractivity contribution is -0.112. The Balaban J connectivity index is 1.70. The van der Waals surface area contributed by atoms with Gasteiger partial charge in [0.25, 0.3) is 5.91 Å². The normalized spacial score (nSPS) is 11.2. The Labute approximate surface area is 206 Å². The summed E-state index contributed by atoms with van der Waals surface area (Å²) >= 11 is 0. The van der Waals surface area contributed by atoms with Crippen LogP contribution in [-0.2, 0) is 11.4 Å². The summed E-state index contributed by atoms with van der Waals surface area (Å²) in [7, 11) is 0. The second kappa shape index (κ2) is 10.3.